The van der Waals surface area contributed by atoms with Gasteiger partial charge in [0.25, 0.3) is 0 Å². The van der Waals surface area contributed by atoms with E-state index in [4.69, 9.17) is 5.73 Å². The second-order valence-corrected chi connectivity index (χ2v) is 4.32. The fourth-order valence-corrected chi connectivity index (χ4v) is 2.13. The summed E-state index contributed by atoms with van der Waals surface area (Å²) in [6.45, 7) is 0. The lowest BCUT2D eigenvalue weighted by atomic mass is 10.2. The topological polar surface area (TPSA) is 101 Å². The summed E-state index contributed by atoms with van der Waals surface area (Å²) in [6.07, 6.45) is 1.70. The van der Waals surface area contributed by atoms with Crippen molar-refractivity contribution < 1.29 is 15.0 Å². The van der Waals surface area contributed by atoms with Crippen LogP contribution in [0, 0.1) is 0 Å². The van der Waals surface area contributed by atoms with Gasteiger partial charge in [0.1, 0.15) is 17.1 Å². The maximum atomic E-state index is 11.3. The Morgan fingerprint density at radius 1 is 1.20 bits per heavy atom. The van der Waals surface area contributed by atoms with Crippen LogP contribution in [0.25, 0.3) is 16.9 Å². The molecule has 0 bridgehead atoms. The molecule has 100 valence electrons. The molecule has 0 aliphatic carbocycles. The Morgan fingerprint density at radius 3 is 2.55 bits per heavy atom. The first-order valence-electron chi connectivity index (χ1n) is 5.87. The minimum Gasteiger partial charge on any atom is -0.508 e. The van der Waals surface area contributed by atoms with Gasteiger partial charge in [0.05, 0.1) is 5.69 Å². The van der Waals surface area contributed by atoms with Crippen LogP contribution in [0.5, 0.6) is 5.75 Å². The van der Waals surface area contributed by atoms with Crippen LogP contribution in [-0.4, -0.2) is 25.6 Å². The lowest BCUT2D eigenvalue weighted by Gasteiger charge is -2.03. The summed E-state index contributed by atoms with van der Waals surface area (Å²) in [5.41, 5.74) is 7.16. The maximum Gasteiger partial charge on any atom is 0.356 e. The highest BCUT2D eigenvalue weighted by molar-refractivity contribution is 5.98. The number of hydrogen-bond donors (Lipinski definition) is 3. The van der Waals surface area contributed by atoms with Crippen molar-refractivity contribution in [1.29, 1.82) is 0 Å². The summed E-state index contributed by atoms with van der Waals surface area (Å²) in [5, 5.41) is 18.6. The molecular weight excluding hydrogens is 258 g/mol. The summed E-state index contributed by atoms with van der Waals surface area (Å²) in [6, 6.07) is 9.72. The number of benzene rings is 1. The van der Waals surface area contributed by atoms with E-state index in [1.807, 2.05) is 0 Å². The van der Waals surface area contributed by atoms with Crippen LogP contribution in [0.3, 0.4) is 0 Å². The molecule has 0 spiro atoms. The number of fused-ring (bicyclic) bond motifs is 1. The number of hydrogen-bond acceptors (Lipinski definition) is 4. The van der Waals surface area contributed by atoms with Crippen LogP contribution in [0.1, 0.15) is 10.5 Å². The van der Waals surface area contributed by atoms with E-state index in [0.717, 1.165) is 0 Å². The van der Waals surface area contributed by atoms with Gasteiger partial charge in [-0.2, -0.15) is 0 Å². The van der Waals surface area contributed by atoms with Gasteiger partial charge in [0.15, 0.2) is 5.69 Å². The van der Waals surface area contributed by atoms with Gasteiger partial charge >= 0.3 is 5.97 Å². The number of carboxylic acid groups (broad SMARTS) is 1. The minimum atomic E-state index is -1.13. The van der Waals surface area contributed by atoms with Crippen LogP contribution in [0.15, 0.2) is 42.6 Å². The van der Waals surface area contributed by atoms with E-state index >= 15 is 0 Å². The molecule has 2 aromatic heterocycles. The lowest BCUT2D eigenvalue weighted by molar-refractivity contribution is 0.0693. The van der Waals surface area contributed by atoms with Gasteiger partial charge in [0, 0.05) is 11.8 Å². The molecule has 0 radical (unpaired) electrons. The molecule has 6 heteroatoms. The highest BCUT2D eigenvalue weighted by Crippen LogP contribution is 2.27. The molecule has 2 heterocycles. The Bertz CT molecular complexity index is 806. The highest BCUT2D eigenvalue weighted by Gasteiger charge is 2.19. The standard InChI is InChI=1S/C14H11N3O3/c15-10-2-1-7-17-12(10)11(14(19)20)16-13(17)8-3-5-9(18)6-4-8/h1-7,18H,15H2,(H,19,20). The SMILES string of the molecule is Nc1cccn2c(-c3ccc(O)cc3)nc(C(=O)O)c12. The number of phenolic OH excluding ortho intramolecular Hbond substituents is 1. The first-order valence-corrected chi connectivity index (χ1v) is 5.87. The Labute approximate surface area is 113 Å². The first-order chi connectivity index (χ1) is 9.58. The number of aromatic carboxylic acids is 1. The Kier molecular flexibility index (Phi) is 2.57. The van der Waals surface area contributed by atoms with Crippen LogP contribution >= 0.6 is 0 Å². The number of phenols is 1. The fourth-order valence-electron chi connectivity index (χ4n) is 2.13. The van der Waals surface area contributed by atoms with Gasteiger partial charge in [-0.3, -0.25) is 4.40 Å². The number of nitrogens with zero attached hydrogens (tertiary/aromatic N) is 2. The number of nitrogens with two attached hydrogens (primary N) is 1. The molecule has 0 fully saturated rings. The van der Waals surface area contributed by atoms with E-state index in [2.05, 4.69) is 4.98 Å². The molecule has 6 nitrogen and oxygen atoms in total. The number of pyridine rings is 1. The number of carboxylic acids is 1. The number of imidazole rings is 1. The molecule has 0 atom stereocenters. The molecule has 4 N–H and O–H groups in total. The number of aromatic hydroxyl groups is 1. The average molecular weight is 269 g/mol. The zero-order valence-corrected chi connectivity index (χ0v) is 10.3. The van der Waals surface area contributed by atoms with Crippen molar-refractivity contribution in [2.45, 2.75) is 0 Å². The summed E-state index contributed by atoms with van der Waals surface area (Å²) in [5.74, 6) is -0.539. The molecule has 0 saturated heterocycles. The average Bonchev–Trinajstić information content (AvgIpc) is 2.81. The van der Waals surface area contributed by atoms with Crippen molar-refractivity contribution in [3.63, 3.8) is 0 Å². The molecular formula is C14H11N3O3. The van der Waals surface area contributed by atoms with E-state index in [1.54, 1.807) is 34.9 Å². The Morgan fingerprint density at radius 2 is 1.90 bits per heavy atom. The second kappa shape index (κ2) is 4.27. The number of anilines is 1. The maximum absolute atomic E-state index is 11.3. The summed E-state index contributed by atoms with van der Waals surface area (Å²) < 4.78 is 1.63. The Balaban J connectivity index is 2.34. The van der Waals surface area contributed by atoms with Crippen LogP contribution in [0.4, 0.5) is 5.69 Å². The minimum absolute atomic E-state index is 0.0915. The number of carbonyl (C=O) groups is 1. The van der Waals surface area contributed by atoms with E-state index in [1.165, 1.54) is 12.1 Å². The molecule has 3 aromatic rings. The van der Waals surface area contributed by atoms with Gasteiger partial charge in [0.2, 0.25) is 0 Å². The normalized spacial score (nSPS) is 10.8. The molecule has 1 aromatic carbocycles. The lowest BCUT2D eigenvalue weighted by Crippen LogP contribution is -2.00. The van der Waals surface area contributed by atoms with Gasteiger partial charge in [-0.1, -0.05) is 0 Å². The van der Waals surface area contributed by atoms with E-state index in [9.17, 15) is 15.0 Å². The summed E-state index contributed by atoms with van der Waals surface area (Å²) in [4.78, 5) is 15.4. The van der Waals surface area contributed by atoms with Gasteiger partial charge in [-0.15, -0.1) is 0 Å². The van der Waals surface area contributed by atoms with Gasteiger partial charge in [-0.05, 0) is 36.4 Å². The number of rotatable bonds is 2. The third-order valence-corrected chi connectivity index (χ3v) is 3.02. The van der Waals surface area contributed by atoms with Crippen molar-refractivity contribution >= 4 is 17.2 Å². The zero-order chi connectivity index (χ0) is 14.3. The monoisotopic (exact) mass is 269 g/mol. The smallest absolute Gasteiger partial charge is 0.356 e. The van der Waals surface area contributed by atoms with Gasteiger partial charge in [-0.25, -0.2) is 9.78 Å². The second-order valence-electron chi connectivity index (χ2n) is 4.32. The van der Waals surface area contributed by atoms with Gasteiger partial charge < -0.3 is 15.9 Å². The van der Waals surface area contributed by atoms with Crippen LogP contribution in [0.2, 0.25) is 0 Å². The first kappa shape index (κ1) is 12.0. The molecule has 0 saturated carbocycles. The predicted molar refractivity (Wildman–Crippen MR) is 73.7 cm³/mol. The largest absolute Gasteiger partial charge is 0.508 e. The van der Waals surface area contributed by atoms with Crippen molar-refractivity contribution in [3.05, 3.63) is 48.3 Å². The quantitative estimate of drug-likeness (QED) is 0.660. The predicted octanol–water partition coefficient (Wildman–Crippen LogP) is 1.99. The molecule has 3 rings (SSSR count). The fraction of sp³-hybridized carbons (Fsp3) is 0. The van der Waals surface area contributed by atoms with E-state index in [0.29, 0.717) is 22.6 Å². The molecule has 0 unspecified atom stereocenters. The van der Waals surface area contributed by atoms with Crippen molar-refractivity contribution in [3.8, 4) is 17.1 Å². The van der Waals surface area contributed by atoms with Crippen LogP contribution in [-0.2, 0) is 0 Å². The third kappa shape index (κ3) is 1.74. The van der Waals surface area contributed by atoms with Crippen molar-refractivity contribution in [2.24, 2.45) is 0 Å². The van der Waals surface area contributed by atoms with E-state index in [-0.39, 0.29) is 11.4 Å². The van der Waals surface area contributed by atoms with Crippen molar-refractivity contribution in [2.75, 3.05) is 5.73 Å². The summed E-state index contributed by atoms with van der Waals surface area (Å²) in [7, 11) is 0. The molecule has 0 aliphatic heterocycles. The third-order valence-electron chi connectivity index (χ3n) is 3.02. The van der Waals surface area contributed by atoms with Crippen molar-refractivity contribution in [1.82, 2.24) is 9.38 Å². The Hall–Kier alpha value is -3.02. The molecule has 20 heavy (non-hydrogen) atoms. The summed E-state index contributed by atoms with van der Waals surface area (Å²) >= 11 is 0. The number of aromatic nitrogens is 2. The molecule has 0 aliphatic rings. The van der Waals surface area contributed by atoms with E-state index < -0.39 is 5.97 Å². The highest BCUT2D eigenvalue weighted by atomic mass is 16.4. The molecule has 0 amide bonds. The zero-order valence-electron chi connectivity index (χ0n) is 10.3. The van der Waals surface area contributed by atoms with Crippen LogP contribution < -0.4 is 5.73 Å². The number of nitrogen functional groups attached to an aromatic ring is 1.